The molecular weight excluding hydrogens is 492 g/mol. The molecule has 7 rings (SSSR count). The molecule has 3 aromatic carbocycles. The molecule has 0 saturated heterocycles. The van der Waals surface area contributed by atoms with Gasteiger partial charge in [0.1, 0.15) is 6.10 Å². The first-order valence-corrected chi connectivity index (χ1v) is 14.0. The van der Waals surface area contributed by atoms with Crippen molar-refractivity contribution in [3.63, 3.8) is 0 Å². The fourth-order valence-corrected chi connectivity index (χ4v) is 8.25. The van der Waals surface area contributed by atoms with Crippen molar-refractivity contribution in [3.05, 3.63) is 71.3 Å². The molecule has 6 heteroatoms. The van der Waals surface area contributed by atoms with Gasteiger partial charge in [0, 0.05) is 0 Å². The molecule has 4 aliphatic rings. The minimum atomic E-state index is -1.13. The average Bonchev–Trinajstić information content (AvgIpc) is 2.95. The van der Waals surface area contributed by atoms with Crippen LogP contribution in [0.2, 0.25) is 0 Å². The summed E-state index contributed by atoms with van der Waals surface area (Å²) in [6.07, 6.45) is 6.68. The fraction of sp³-hybridized carbons (Fsp3) is 0.455. The minimum Gasteiger partial charge on any atom is -0.468 e. The summed E-state index contributed by atoms with van der Waals surface area (Å²) in [6.45, 7) is -0.283. The van der Waals surface area contributed by atoms with E-state index < -0.39 is 24.0 Å². The number of rotatable bonds is 7. The first kappa shape index (κ1) is 26.0. The molecule has 4 saturated carbocycles. The molecule has 39 heavy (non-hydrogen) atoms. The molecule has 0 spiro atoms. The third-order valence-corrected chi connectivity index (χ3v) is 9.60. The highest BCUT2D eigenvalue weighted by atomic mass is 16.5. The maximum absolute atomic E-state index is 12.3. The van der Waals surface area contributed by atoms with E-state index in [0.29, 0.717) is 5.56 Å². The Morgan fingerprint density at radius 1 is 0.821 bits per heavy atom. The smallest absolute Gasteiger partial charge is 0.324 e. The molecule has 4 bridgehead atoms. The lowest BCUT2D eigenvalue weighted by atomic mass is 9.47. The molecule has 0 amide bonds. The van der Waals surface area contributed by atoms with Crippen LogP contribution < -0.4 is 0 Å². The summed E-state index contributed by atoms with van der Waals surface area (Å²) in [7, 11) is 2.52. The lowest BCUT2D eigenvalue weighted by molar-refractivity contribution is -0.154. The van der Waals surface area contributed by atoms with Crippen molar-refractivity contribution in [2.24, 2.45) is 17.8 Å². The Morgan fingerprint density at radius 2 is 1.36 bits per heavy atom. The maximum atomic E-state index is 12.3. The minimum absolute atomic E-state index is 0.0821. The second-order valence-electron chi connectivity index (χ2n) is 12.0. The van der Waals surface area contributed by atoms with Crippen molar-refractivity contribution in [1.29, 1.82) is 0 Å². The number of esters is 2. The van der Waals surface area contributed by atoms with Gasteiger partial charge in [0.15, 0.2) is 5.92 Å². The van der Waals surface area contributed by atoms with E-state index in [1.807, 2.05) is 30.3 Å². The van der Waals surface area contributed by atoms with Gasteiger partial charge in [0.05, 0.1) is 20.8 Å². The highest BCUT2D eigenvalue weighted by molar-refractivity contribution is 6.02. The topological polar surface area (TPSA) is 93.1 Å². The molecule has 4 aliphatic carbocycles. The molecule has 1 unspecified atom stereocenters. The summed E-state index contributed by atoms with van der Waals surface area (Å²) < 4.78 is 9.68. The third-order valence-electron chi connectivity index (χ3n) is 9.60. The standard InChI is InChI=1S/C33H36O6/c1-38-31(36)30(32(37)39-2)26-6-5-22-12-23(3-4-24(22)13-26)25-7-8-27(29(35)18-34)28(14-25)33-15-19-9-20(16-33)11-21(10-19)17-33/h3-8,12-14,19-21,29-30,34-35H,9-11,15-18H2,1-2H3. The van der Waals surface area contributed by atoms with Crippen molar-refractivity contribution in [2.45, 2.75) is 56.0 Å². The summed E-state index contributed by atoms with van der Waals surface area (Å²) in [5.41, 5.74) is 4.84. The van der Waals surface area contributed by atoms with Crippen LogP contribution in [0.1, 0.15) is 67.2 Å². The number of carbonyl (C=O) groups excluding carboxylic acids is 2. The Balaban J connectivity index is 1.39. The van der Waals surface area contributed by atoms with E-state index in [4.69, 9.17) is 9.47 Å². The highest BCUT2D eigenvalue weighted by Gasteiger charge is 2.52. The predicted octanol–water partition coefficient (Wildman–Crippen LogP) is 5.43. The monoisotopic (exact) mass is 528 g/mol. The predicted molar refractivity (Wildman–Crippen MR) is 148 cm³/mol. The Kier molecular flexibility index (Phi) is 6.72. The number of aliphatic hydroxyl groups is 2. The normalized spacial score (nSPS) is 26.1. The lowest BCUT2D eigenvalue weighted by Gasteiger charge is -2.57. The molecule has 0 aromatic heterocycles. The number of benzene rings is 3. The van der Waals surface area contributed by atoms with Crippen LogP contribution in [0.5, 0.6) is 0 Å². The summed E-state index contributed by atoms with van der Waals surface area (Å²) in [4.78, 5) is 24.6. The largest absolute Gasteiger partial charge is 0.468 e. The molecule has 6 nitrogen and oxygen atoms in total. The Morgan fingerprint density at radius 3 is 1.95 bits per heavy atom. The van der Waals surface area contributed by atoms with Crippen molar-refractivity contribution in [2.75, 3.05) is 20.8 Å². The van der Waals surface area contributed by atoms with Crippen LogP contribution >= 0.6 is 0 Å². The number of hydrogen-bond donors (Lipinski definition) is 2. The second kappa shape index (κ2) is 10.1. The fourth-order valence-electron chi connectivity index (χ4n) is 8.25. The van der Waals surface area contributed by atoms with E-state index in [9.17, 15) is 19.8 Å². The van der Waals surface area contributed by atoms with Crippen LogP contribution in [0.3, 0.4) is 0 Å². The first-order chi connectivity index (χ1) is 18.8. The number of carbonyl (C=O) groups is 2. The number of ether oxygens (including phenoxy) is 2. The number of hydrogen-bond acceptors (Lipinski definition) is 6. The maximum Gasteiger partial charge on any atom is 0.324 e. The summed E-state index contributed by atoms with van der Waals surface area (Å²) in [6, 6.07) is 18.0. The van der Waals surface area contributed by atoms with Gasteiger partial charge in [-0.25, -0.2) is 0 Å². The highest BCUT2D eigenvalue weighted by Crippen LogP contribution is 2.61. The van der Waals surface area contributed by atoms with Gasteiger partial charge in [0.25, 0.3) is 0 Å². The van der Waals surface area contributed by atoms with Crippen LogP contribution in [-0.4, -0.2) is 43.0 Å². The third kappa shape index (κ3) is 4.53. The van der Waals surface area contributed by atoms with Crippen LogP contribution in [0.25, 0.3) is 21.9 Å². The van der Waals surface area contributed by atoms with E-state index in [2.05, 4.69) is 18.2 Å². The van der Waals surface area contributed by atoms with E-state index in [0.717, 1.165) is 45.2 Å². The van der Waals surface area contributed by atoms with Gasteiger partial charge >= 0.3 is 11.9 Å². The summed E-state index contributed by atoms with van der Waals surface area (Å²) in [5, 5.41) is 22.5. The first-order valence-electron chi connectivity index (χ1n) is 14.0. The van der Waals surface area contributed by atoms with Crippen molar-refractivity contribution in [3.8, 4) is 11.1 Å². The zero-order valence-corrected chi connectivity index (χ0v) is 22.6. The molecule has 4 fully saturated rings. The number of methoxy groups -OCH3 is 2. The number of fused-ring (bicyclic) bond motifs is 1. The van der Waals surface area contributed by atoms with E-state index in [-0.39, 0.29) is 12.0 Å². The van der Waals surface area contributed by atoms with Gasteiger partial charge in [-0.1, -0.05) is 42.5 Å². The zero-order chi connectivity index (χ0) is 27.3. The molecular formula is C33H36O6. The molecule has 1 atom stereocenters. The number of aliphatic hydroxyl groups excluding tert-OH is 2. The zero-order valence-electron chi connectivity index (χ0n) is 22.6. The van der Waals surface area contributed by atoms with Crippen LogP contribution in [0.15, 0.2) is 54.6 Å². The van der Waals surface area contributed by atoms with Gasteiger partial charge in [-0.05, 0) is 112 Å². The Hall–Kier alpha value is -3.22. The Labute approximate surface area is 228 Å². The molecule has 0 radical (unpaired) electrons. The lowest BCUT2D eigenvalue weighted by Crippen LogP contribution is -2.49. The van der Waals surface area contributed by atoms with Crippen molar-refractivity contribution < 1.29 is 29.3 Å². The molecule has 0 aliphatic heterocycles. The van der Waals surface area contributed by atoms with Gasteiger partial charge in [-0.3, -0.25) is 9.59 Å². The molecule has 2 N–H and O–H groups in total. The van der Waals surface area contributed by atoms with Crippen molar-refractivity contribution in [1.82, 2.24) is 0 Å². The quantitative estimate of drug-likeness (QED) is 0.314. The molecule has 0 heterocycles. The van der Waals surface area contributed by atoms with E-state index in [1.54, 1.807) is 6.07 Å². The SMILES string of the molecule is COC(=O)C(C(=O)OC)c1ccc2cc(-c3ccc(C(O)CO)c(C45CC6CC(CC(C6)C4)C5)c3)ccc2c1. The van der Waals surface area contributed by atoms with Crippen molar-refractivity contribution >= 4 is 22.7 Å². The van der Waals surface area contributed by atoms with Gasteiger partial charge in [-0.2, -0.15) is 0 Å². The van der Waals surface area contributed by atoms with Gasteiger partial charge in [0.2, 0.25) is 0 Å². The summed E-state index contributed by atoms with van der Waals surface area (Å²) >= 11 is 0. The van der Waals surface area contributed by atoms with Gasteiger partial charge in [-0.15, -0.1) is 0 Å². The van der Waals surface area contributed by atoms with Crippen LogP contribution in [-0.2, 0) is 24.5 Å². The average molecular weight is 529 g/mol. The molecule has 3 aromatic rings. The molecule has 204 valence electrons. The van der Waals surface area contributed by atoms with Gasteiger partial charge < -0.3 is 19.7 Å². The Bertz CT molecular complexity index is 1370. The second-order valence-corrected chi connectivity index (χ2v) is 12.0. The van der Waals surface area contributed by atoms with Crippen LogP contribution in [0.4, 0.5) is 0 Å². The summed E-state index contributed by atoms with van der Waals surface area (Å²) in [5.74, 6) is -0.120. The van der Waals surface area contributed by atoms with E-state index in [1.165, 1.54) is 58.3 Å². The van der Waals surface area contributed by atoms with Crippen LogP contribution in [0, 0.1) is 17.8 Å². The van der Waals surface area contributed by atoms with E-state index >= 15 is 0 Å².